The van der Waals surface area contributed by atoms with Crippen LogP contribution in [-0.2, 0) is 0 Å². The molecule has 0 bridgehead atoms. The minimum absolute atomic E-state index is 1.14. The molecule has 0 amide bonds. The lowest BCUT2D eigenvalue weighted by Crippen LogP contribution is -1.79. The van der Waals surface area contributed by atoms with Crippen molar-refractivity contribution in [3.05, 3.63) is 83.3 Å². The molecule has 0 unspecified atom stereocenters. The Morgan fingerprint density at radius 2 is 1.25 bits per heavy atom. The van der Waals surface area contributed by atoms with Gasteiger partial charge in [0, 0.05) is 30.2 Å². The van der Waals surface area contributed by atoms with E-state index in [-0.39, 0.29) is 0 Å². The van der Waals surface area contributed by atoms with Gasteiger partial charge in [0.05, 0.1) is 0 Å². The molecule has 2 heteroatoms. The van der Waals surface area contributed by atoms with Crippen LogP contribution >= 0.6 is 27.3 Å². The van der Waals surface area contributed by atoms with Crippen molar-refractivity contribution in [2.24, 2.45) is 0 Å². The third kappa shape index (κ3) is 2.03. The highest BCUT2D eigenvalue weighted by Gasteiger charge is 2.13. The number of benzene rings is 4. The molecule has 0 aliphatic heterocycles. The van der Waals surface area contributed by atoms with Crippen molar-refractivity contribution in [2.45, 2.75) is 0 Å². The lowest BCUT2D eigenvalue weighted by Gasteiger charge is -2.05. The number of hydrogen-bond acceptors (Lipinski definition) is 1. The van der Waals surface area contributed by atoms with Crippen LogP contribution in [0.5, 0.6) is 0 Å². The average molecular weight is 389 g/mol. The fourth-order valence-corrected chi connectivity index (χ4v) is 5.28. The summed E-state index contributed by atoms with van der Waals surface area (Å²) in [6.07, 6.45) is 0. The second-order valence-electron chi connectivity index (χ2n) is 5.93. The van der Waals surface area contributed by atoms with E-state index < -0.39 is 0 Å². The van der Waals surface area contributed by atoms with E-state index in [0.29, 0.717) is 0 Å². The van der Waals surface area contributed by atoms with E-state index in [1.165, 1.54) is 42.1 Å². The fourth-order valence-electron chi connectivity index (χ4n) is 3.42. The molecule has 5 rings (SSSR count). The first-order valence-electron chi connectivity index (χ1n) is 7.91. The first kappa shape index (κ1) is 14.2. The lowest BCUT2D eigenvalue weighted by atomic mass is 10.0. The maximum absolute atomic E-state index is 3.71. The van der Waals surface area contributed by atoms with Crippen molar-refractivity contribution >= 4 is 58.2 Å². The molecule has 0 nitrogen and oxygen atoms in total. The van der Waals surface area contributed by atoms with E-state index in [1.807, 2.05) is 11.3 Å². The van der Waals surface area contributed by atoms with Gasteiger partial charge in [-0.2, -0.15) is 0 Å². The van der Waals surface area contributed by atoms with Gasteiger partial charge >= 0.3 is 0 Å². The van der Waals surface area contributed by atoms with Crippen LogP contribution in [0.1, 0.15) is 0 Å². The first-order valence-corrected chi connectivity index (χ1v) is 9.52. The molecule has 4 aromatic carbocycles. The van der Waals surface area contributed by atoms with Crippen molar-refractivity contribution in [1.29, 1.82) is 0 Å². The molecule has 114 valence electrons. The van der Waals surface area contributed by atoms with Gasteiger partial charge in [-0.05, 0) is 22.4 Å². The van der Waals surface area contributed by atoms with E-state index >= 15 is 0 Å². The fraction of sp³-hybridized carbons (Fsp3) is 0. The minimum atomic E-state index is 1.14. The topological polar surface area (TPSA) is 0 Å². The maximum atomic E-state index is 3.71. The van der Waals surface area contributed by atoms with Crippen molar-refractivity contribution in [2.75, 3.05) is 0 Å². The summed E-state index contributed by atoms with van der Waals surface area (Å²) in [6, 6.07) is 28.2. The van der Waals surface area contributed by atoms with Crippen molar-refractivity contribution in [1.82, 2.24) is 0 Å². The van der Waals surface area contributed by atoms with E-state index in [0.717, 1.165) is 4.47 Å². The Kier molecular flexibility index (Phi) is 3.22. The molecule has 0 aliphatic rings. The molecule has 5 aromatic rings. The molecule has 0 saturated carbocycles. The van der Waals surface area contributed by atoms with Crippen LogP contribution in [0, 0.1) is 0 Å². The van der Waals surface area contributed by atoms with Gasteiger partial charge in [-0.15, -0.1) is 11.3 Å². The zero-order valence-electron chi connectivity index (χ0n) is 12.8. The van der Waals surface area contributed by atoms with Crippen LogP contribution in [0.2, 0.25) is 0 Å². The lowest BCUT2D eigenvalue weighted by molar-refractivity contribution is 1.62. The summed E-state index contributed by atoms with van der Waals surface area (Å²) in [7, 11) is 0. The summed E-state index contributed by atoms with van der Waals surface area (Å²) >= 11 is 5.61. The first-order chi connectivity index (χ1) is 11.8. The molecule has 0 atom stereocenters. The maximum Gasteiger partial charge on any atom is 0.0434 e. The van der Waals surface area contributed by atoms with Gasteiger partial charge in [-0.25, -0.2) is 0 Å². The second-order valence-corrected chi connectivity index (χ2v) is 7.80. The molecule has 1 heterocycles. The molecule has 0 fully saturated rings. The number of hydrogen-bond donors (Lipinski definition) is 0. The van der Waals surface area contributed by atoms with Crippen molar-refractivity contribution in [3.8, 4) is 11.1 Å². The molecule has 0 radical (unpaired) electrons. The summed E-state index contributed by atoms with van der Waals surface area (Å²) in [4.78, 5) is 0. The Hall–Kier alpha value is -2.16. The van der Waals surface area contributed by atoms with Crippen LogP contribution in [-0.4, -0.2) is 0 Å². The van der Waals surface area contributed by atoms with Crippen molar-refractivity contribution < 1.29 is 0 Å². The number of rotatable bonds is 1. The normalized spacial score (nSPS) is 11.5. The monoisotopic (exact) mass is 388 g/mol. The van der Waals surface area contributed by atoms with Crippen LogP contribution < -0.4 is 0 Å². The predicted octanol–water partition coefficient (Wildman–Crippen LogP) is 7.64. The Morgan fingerprint density at radius 3 is 2.17 bits per heavy atom. The van der Waals surface area contributed by atoms with Crippen LogP contribution in [0.4, 0.5) is 0 Å². The summed E-state index contributed by atoms with van der Waals surface area (Å²) < 4.78 is 3.87. The van der Waals surface area contributed by atoms with E-state index in [2.05, 4.69) is 94.8 Å². The van der Waals surface area contributed by atoms with Gasteiger partial charge < -0.3 is 0 Å². The summed E-state index contributed by atoms with van der Waals surface area (Å²) in [5, 5.41) is 5.34. The Balaban J connectivity index is 1.94. The van der Waals surface area contributed by atoms with Gasteiger partial charge in [0.15, 0.2) is 0 Å². The van der Waals surface area contributed by atoms with Gasteiger partial charge in [-0.1, -0.05) is 88.7 Å². The third-order valence-electron chi connectivity index (χ3n) is 4.55. The van der Waals surface area contributed by atoms with Crippen molar-refractivity contribution in [3.63, 3.8) is 0 Å². The molecular weight excluding hydrogens is 376 g/mol. The van der Waals surface area contributed by atoms with Gasteiger partial charge in [0.2, 0.25) is 0 Å². The number of halogens is 1. The van der Waals surface area contributed by atoms with E-state index in [9.17, 15) is 0 Å². The van der Waals surface area contributed by atoms with Crippen LogP contribution in [0.3, 0.4) is 0 Å². The molecule has 1 aromatic heterocycles. The number of fused-ring (bicyclic) bond motifs is 5. The highest BCUT2D eigenvalue weighted by atomic mass is 79.9. The van der Waals surface area contributed by atoms with Gasteiger partial charge in [0.25, 0.3) is 0 Å². The van der Waals surface area contributed by atoms with Gasteiger partial charge in [0.1, 0.15) is 0 Å². The van der Waals surface area contributed by atoms with Crippen LogP contribution in [0.25, 0.3) is 42.1 Å². The molecular formula is C22H13BrS. The average Bonchev–Trinajstić information content (AvgIpc) is 3.01. The third-order valence-corrected chi connectivity index (χ3v) is 6.53. The zero-order chi connectivity index (χ0) is 16.1. The summed E-state index contributed by atoms with van der Waals surface area (Å²) in [5.41, 5.74) is 2.55. The Morgan fingerprint density at radius 1 is 0.542 bits per heavy atom. The molecule has 0 spiro atoms. The summed E-state index contributed by atoms with van der Waals surface area (Å²) in [6.45, 7) is 0. The smallest absolute Gasteiger partial charge is 0.0434 e. The molecule has 0 saturated heterocycles. The SMILES string of the molecule is Brc1ccccc1-c1cccc2c1sc1c3ccccc3ccc21. The molecule has 0 N–H and O–H groups in total. The predicted molar refractivity (Wildman–Crippen MR) is 110 cm³/mol. The molecule has 24 heavy (non-hydrogen) atoms. The second kappa shape index (κ2) is 5.44. The standard InChI is InChI=1S/C22H13BrS/c23-20-11-4-3-8-16(20)17-9-5-10-18-19-13-12-14-6-1-2-7-15(14)21(19)24-22(17)18/h1-13H. The van der Waals surface area contributed by atoms with Crippen LogP contribution in [0.15, 0.2) is 83.3 Å². The van der Waals surface area contributed by atoms with E-state index in [4.69, 9.17) is 0 Å². The van der Waals surface area contributed by atoms with E-state index in [1.54, 1.807) is 0 Å². The molecule has 0 aliphatic carbocycles. The number of thiophene rings is 1. The highest BCUT2D eigenvalue weighted by Crippen LogP contribution is 2.43. The Bertz CT molecular complexity index is 1220. The largest absolute Gasteiger partial charge is 0.134 e. The zero-order valence-corrected chi connectivity index (χ0v) is 15.2. The van der Waals surface area contributed by atoms with Gasteiger partial charge in [-0.3, -0.25) is 0 Å². The Labute approximate surface area is 152 Å². The highest BCUT2D eigenvalue weighted by molar-refractivity contribution is 9.10. The minimum Gasteiger partial charge on any atom is -0.134 e. The quantitative estimate of drug-likeness (QED) is 0.276. The summed E-state index contributed by atoms with van der Waals surface area (Å²) in [5.74, 6) is 0.